The average molecular weight is 493 g/mol. The number of halogens is 1. The van der Waals surface area contributed by atoms with Gasteiger partial charge < -0.3 is 18.8 Å². The lowest BCUT2D eigenvalue weighted by molar-refractivity contribution is 0.194. The molecule has 10 nitrogen and oxygen atoms in total. The first-order valence-corrected chi connectivity index (χ1v) is 11.9. The van der Waals surface area contributed by atoms with Gasteiger partial charge in [0.1, 0.15) is 34.1 Å². The molecule has 3 rings (SSSR count). The molecule has 0 spiro atoms. The molecular formula is C22H29FN6O4S. The molecule has 2 aromatic heterocycles. The van der Waals surface area contributed by atoms with Crippen LogP contribution in [-0.2, 0) is 22.5 Å². The molecular weight excluding hydrogens is 463 g/mol. The summed E-state index contributed by atoms with van der Waals surface area (Å²) in [4.78, 5) is 8.04. The molecule has 34 heavy (non-hydrogen) atoms. The minimum Gasteiger partial charge on any atom is -0.593 e. The van der Waals surface area contributed by atoms with E-state index in [-0.39, 0.29) is 11.9 Å². The van der Waals surface area contributed by atoms with Gasteiger partial charge in [0.05, 0.1) is 43.9 Å². The van der Waals surface area contributed by atoms with Crippen molar-refractivity contribution in [3.05, 3.63) is 48.1 Å². The van der Waals surface area contributed by atoms with Gasteiger partial charge in [-0.3, -0.25) is 4.57 Å². The summed E-state index contributed by atoms with van der Waals surface area (Å²) in [6.45, 7) is 4.18. The zero-order chi connectivity index (χ0) is 24.7. The van der Waals surface area contributed by atoms with Crippen molar-refractivity contribution in [2.75, 3.05) is 32.7 Å². The molecule has 0 radical (unpaired) electrons. The second-order valence-corrected chi connectivity index (χ2v) is 9.08. The fourth-order valence-electron chi connectivity index (χ4n) is 3.34. The van der Waals surface area contributed by atoms with Crippen LogP contribution in [-0.4, -0.2) is 62.5 Å². The summed E-state index contributed by atoms with van der Waals surface area (Å²) in [7, 11) is 4.76. The SMILES string of the molecule is COCCCc1nnc(N[S+]([O-])C(C)C(C)c2ncc(F)cn2)n1-c1c(OC)cccc1OC. The van der Waals surface area contributed by atoms with Crippen LogP contribution in [0.1, 0.15) is 37.8 Å². The van der Waals surface area contributed by atoms with Crippen LogP contribution in [0.2, 0.25) is 0 Å². The standard InChI is InChI=1S/C22H29FN6O4S/c1-14(21-24-12-16(23)13-25-21)15(2)34(30)28-22-27-26-19(10-7-11-31-3)29(22)20-17(32-4)8-6-9-18(20)33-5/h6,8-9,12-15H,7,10-11H2,1-5H3,(H,27,28). The third-order valence-electron chi connectivity index (χ3n) is 5.39. The molecule has 3 unspecified atom stereocenters. The molecule has 0 aliphatic rings. The van der Waals surface area contributed by atoms with Crippen molar-refractivity contribution in [1.82, 2.24) is 24.7 Å². The number of anilines is 1. The Bertz CT molecular complexity index is 1050. The van der Waals surface area contributed by atoms with Crippen LogP contribution in [0.4, 0.5) is 10.3 Å². The number of nitrogens with zero attached hydrogens (tertiary/aromatic N) is 5. The molecule has 0 saturated carbocycles. The van der Waals surface area contributed by atoms with Gasteiger partial charge >= 0.3 is 0 Å². The molecule has 0 aliphatic carbocycles. The fraction of sp³-hybridized carbons (Fsp3) is 0.455. The van der Waals surface area contributed by atoms with Crippen molar-refractivity contribution in [2.24, 2.45) is 0 Å². The van der Waals surface area contributed by atoms with Crippen molar-refractivity contribution >= 4 is 17.3 Å². The number of rotatable bonds is 12. The number of hydrogen-bond acceptors (Lipinski definition) is 9. The van der Waals surface area contributed by atoms with Crippen molar-refractivity contribution in [3.8, 4) is 17.2 Å². The van der Waals surface area contributed by atoms with E-state index in [0.29, 0.717) is 48.3 Å². The van der Waals surface area contributed by atoms with E-state index in [1.54, 1.807) is 45.0 Å². The molecule has 3 atom stereocenters. The Labute approximate surface area is 201 Å². The first-order valence-electron chi connectivity index (χ1n) is 10.7. The number of methoxy groups -OCH3 is 3. The molecule has 12 heteroatoms. The van der Waals surface area contributed by atoms with Gasteiger partial charge in [0.15, 0.2) is 5.82 Å². The number of benzene rings is 1. The molecule has 0 saturated heterocycles. The predicted molar refractivity (Wildman–Crippen MR) is 126 cm³/mol. The number of nitrogens with one attached hydrogen (secondary N) is 1. The molecule has 0 bridgehead atoms. The monoisotopic (exact) mass is 492 g/mol. The lowest BCUT2D eigenvalue weighted by Gasteiger charge is -2.23. The fourth-order valence-corrected chi connectivity index (χ4v) is 4.33. The van der Waals surface area contributed by atoms with Crippen molar-refractivity contribution in [1.29, 1.82) is 0 Å². The quantitative estimate of drug-likeness (QED) is 0.300. The van der Waals surface area contributed by atoms with Crippen LogP contribution >= 0.6 is 0 Å². The van der Waals surface area contributed by atoms with Crippen LogP contribution < -0.4 is 14.2 Å². The minimum atomic E-state index is -1.60. The normalized spacial score (nSPS) is 13.9. The third kappa shape index (κ3) is 5.75. The molecule has 0 amide bonds. The summed E-state index contributed by atoms with van der Waals surface area (Å²) in [5, 5.41) is 8.16. The van der Waals surface area contributed by atoms with Crippen LogP contribution in [0.25, 0.3) is 5.69 Å². The molecule has 184 valence electrons. The highest BCUT2D eigenvalue weighted by Gasteiger charge is 2.31. The maximum Gasteiger partial charge on any atom is 0.271 e. The lowest BCUT2D eigenvalue weighted by Crippen LogP contribution is -2.31. The lowest BCUT2D eigenvalue weighted by atomic mass is 10.1. The van der Waals surface area contributed by atoms with E-state index in [0.717, 1.165) is 12.4 Å². The first kappa shape index (κ1) is 25.7. The summed E-state index contributed by atoms with van der Waals surface area (Å²) in [5.74, 6) is 1.55. The summed E-state index contributed by atoms with van der Waals surface area (Å²) < 4.78 is 47.5. The number of aryl methyl sites for hydroxylation is 1. The second-order valence-electron chi connectivity index (χ2n) is 7.54. The number of para-hydroxylation sites is 1. The Morgan fingerprint density at radius 3 is 2.32 bits per heavy atom. The highest BCUT2D eigenvalue weighted by atomic mass is 32.2. The number of hydrogen-bond donors (Lipinski definition) is 1. The van der Waals surface area contributed by atoms with E-state index >= 15 is 0 Å². The van der Waals surface area contributed by atoms with E-state index in [9.17, 15) is 8.94 Å². The highest BCUT2D eigenvalue weighted by Crippen LogP contribution is 2.36. The van der Waals surface area contributed by atoms with Crippen LogP contribution in [0.5, 0.6) is 11.5 Å². The van der Waals surface area contributed by atoms with Gasteiger partial charge in [0, 0.05) is 20.1 Å². The molecule has 0 fully saturated rings. The highest BCUT2D eigenvalue weighted by molar-refractivity contribution is 7.93. The third-order valence-corrected chi connectivity index (χ3v) is 6.85. The van der Waals surface area contributed by atoms with E-state index in [1.807, 2.05) is 13.0 Å². The molecule has 0 aliphatic heterocycles. The van der Waals surface area contributed by atoms with Crippen molar-refractivity contribution < 1.29 is 23.2 Å². The van der Waals surface area contributed by atoms with Gasteiger partial charge in [-0.15, -0.1) is 10.2 Å². The van der Waals surface area contributed by atoms with Crippen LogP contribution in [0.15, 0.2) is 30.6 Å². The van der Waals surface area contributed by atoms with E-state index in [2.05, 4.69) is 24.9 Å². The Balaban J connectivity index is 1.95. The van der Waals surface area contributed by atoms with Crippen LogP contribution in [0, 0.1) is 5.82 Å². The molecule has 2 heterocycles. The first-order chi connectivity index (χ1) is 16.4. The molecule has 1 aromatic carbocycles. The summed E-state index contributed by atoms with van der Waals surface area (Å²) in [6, 6.07) is 5.41. The summed E-state index contributed by atoms with van der Waals surface area (Å²) >= 11 is -1.60. The molecule has 3 aromatic rings. The van der Waals surface area contributed by atoms with E-state index in [1.165, 1.54) is 0 Å². The van der Waals surface area contributed by atoms with Gasteiger partial charge in [-0.05, 0) is 25.5 Å². The van der Waals surface area contributed by atoms with Crippen LogP contribution in [0.3, 0.4) is 0 Å². The largest absolute Gasteiger partial charge is 0.593 e. The van der Waals surface area contributed by atoms with Gasteiger partial charge in [0.2, 0.25) is 0 Å². The van der Waals surface area contributed by atoms with Crippen molar-refractivity contribution in [3.63, 3.8) is 0 Å². The van der Waals surface area contributed by atoms with Gasteiger partial charge in [0.25, 0.3) is 5.95 Å². The summed E-state index contributed by atoms with van der Waals surface area (Å²) in [5.41, 5.74) is 0.590. The van der Waals surface area contributed by atoms with Gasteiger partial charge in [-0.25, -0.2) is 14.4 Å². The maximum absolute atomic E-state index is 13.3. The molecule has 1 N–H and O–H groups in total. The van der Waals surface area contributed by atoms with Crippen molar-refractivity contribution in [2.45, 2.75) is 37.9 Å². The predicted octanol–water partition coefficient (Wildman–Crippen LogP) is 3.06. The summed E-state index contributed by atoms with van der Waals surface area (Å²) in [6.07, 6.45) is 3.47. The minimum absolute atomic E-state index is 0.271. The topological polar surface area (TPSA) is 119 Å². The smallest absolute Gasteiger partial charge is 0.271 e. The maximum atomic E-state index is 13.3. The Kier molecular flexibility index (Phi) is 9.02. The van der Waals surface area contributed by atoms with Gasteiger partial charge in [-0.2, -0.15) is 4.72 Å². The average Bonchev–Trinajstić information content (AvgIpc) is 3.24. The zero-order valence-corrected chi connectivity index (χ0v) is 20.6. The van der Waals surface area contributed by atoms with E-state index in [4.69, 9.17) is 14.2 Å². The number of aromatic nitrogens is 5. The van der Waals surface area contributed by atoms with E-state index < -0.39 is 22.4 Å². The Morgan fingerprint density at radius 1 is 1.09 bits per heavy atom. The second kappa shape index (κ2) is 12.0. The zero-order valence-electron chi connectivity index (χ0n) is 19.8. The number of ether oxygens (including phenoxy) is 3. The Morgan fingerprint density at radius 2 is 1.74 bits per heavy atom. The van der Waals surface area contributed by atoms with Gasteiger partial charge in [-0.1, -0.05) is 13.0 Å². The Hall–Kier alpha value is -2.96.